The molecule has 1 aliphatic rings. The van der Waals surface area contributed by atoms with Crippen molar-refractivity contribution >= 4 is 5.97 Å². The van der Waals surface area contributed by atoms with Crippen LogP contribution in [0.1, 0.15) is 149 Å². The zero-order valence-corrected chi connectivity index (χ0v) is 24.8. The van der Waals surface area contributed by atoms with Crippen molar-refractivity contribution in [2.75, 3.05) is 6.61 Å². The molecule has 1 aliphatic heterocycles. The predicted molar refractivity (Wildman–Crippen MR) is 158 cm³/mol. The first-order chi connectivity index (χ1) is 18.6. The number of ether oxygens (including phenoxy) is 2. The molecule has 222 valence electrons. The molecule has 1 rings (SSSR count). The molecule has 0 aromatic heterocycles. The molecule has 1 heterocycles. The van der Waals surface area contributed by atoms with E-state index in [1.807, 2.05) is 0 Å². The summed E-state index contributed by atoms with van der Waals surface area (Å²) in [6.07, 6.45) is 30.0. The summed E-state index contributed by atoms with van der Waals surface area (Å²) >= 11 is 0. The van der Waals surface area contributed by atoms with Crippen LogP contribution in [-0.4, -0.2) is 41.3 Å². The molecule has 0 saturated carbocycles. The maximum absolute atomic E-state index is 11.9. The molecular weight excluding hydrogens is 476 g/mol. The monoisotopic (exact) mass is 536 g/mol. The van der Waals surface area contributed by atoms with Gasteiger partial charge in [0.25, 0.3) is 0 Å². The third-order valence-corrected chi connectivity index (χ3v) is 7.61. The Morgan fingerprint density at radius 2 is 1.45 bits per heavy atom. The Labute approximate surface area is 234 Å². The van der Waals surface area contributed by atoms with Crippen LogP contribution < -0.4 is 0 Å². The van der Waals surface area contributed by atoms with Gasteiger partial charge in [-0.25, -0.2) is 0 Å². The third-order valence-electron chi connectivity index (χ3n) is 7.61. The quantitative estimate of drug-likeness (QED) is 0.0898. The number of allylic oxidation sites excluding steroid dienone is 4. The highest BCUT2D eigenvalue weighted by Gasteiger charge is 2.30. The second-order valence-electron chi connectivity index (χ2n) is 11.2. The Bertz CT molecular complexity index is 596. The van der Waals surface area contributed by atoms with Gasteiger partial charge in [0.1, 0.15) is 0 Å². The Hall–Kier alpha value is -1.17. The summed E-state index contributed by atoms with van der Waals surface area (Å²) in [6.45, 7) is 5.11. The highest BCUT2D eigenvalue weighted by atomic mass is 16.7. The van der Waals surface area contributed by atoms with E-state index in [0.29, 0.717) is 12.8 Å². The van der Waals surface area contributed by atoms with Crippen molar-refractivity contribution in [1.29, 1.82) is 0 Å². The average Bonchev–Trinajstić information content (AvgIpc) is 2.91. The van der Waals surface area contributed by atoms with Gasteiger partial charge < -0.3 is 19.7 Å². The van der Waals surface area contributed by atoms with Crippen LogP contribution in [0.15, 0.2) is 24.3 Å². The summed E-state index contributed by atoms with van der Waals surface area (Å²) in [5.74, 6) is -1.60. The van der Waals surface area contributed by atoms with Gasteiger partial charge in [0.05, 0.1) is 18.1 Å². The van der Waals surface area contributed by atoms with E-state index in [1.165, 1.54) is 44.9 Å². The minimum Gasteiger partial charge on any atom is -0.481 e. The number of hydrogen-bond donors (Lipinski definition) is 2. The van der Waals surface area contributed by atoms with Crippen molar-refractivity contribution in [3.05, 3.63) is 24.3 Å². The molecule has 5 nitrogen and oxygen atoms in total. The molecule has 0 aromatic carbocycles. The number of aliphatic carboxylic acids is 1. The molecule has 0 bridgehead atoms. The van der Waals surface area contributed by atoms with Crippen molar-refractivity contribution in [2.24, 2.45) is 5.92 Å². The smallest absolute Gasteiger partial charge is 0.309 e. The summed E-state index contributed by atoms with van der Waals surface area (Å²) in [4.78, 5) is 11.9. The van der Waals surface area contributed by atoms with Crippen LogP contribution in [0.2, 0.25) is 0 Å². The molecule has 0 aliphatic carbocycles. The second kappa shape index (κ2) is 24.8. The van der Waals surface area contributed by atoms with Gasteiger partial charge in [0, 0.05) is 13.0 Å². The van der Waals surface area contributed by atoms with Gasteiger partial charge in [-0.05, 0) is 64.2 Å². The number of unbranched alkanes of at least 4 members (excludes halogenated alkanes) is 11. The van der Waals surface area contributed by atoms with E-state index in [1.54, 1.807) is 0 Å². The molecular formula is C33H60O5. The fourth-order valence-electron chi connectivity index (χ4n) is 5.16. The van der Waals surface area contributed by atoms with E-state index in [4.69, 9.17) is 9.47 Å². The lowest BCUT2D eigenvalue weighted by atomic mass is 9.90. The first-order valence-corrected chi connectivity index (χ1v) is 16.1. The van der Waals surface area contributed by atoms with Crippen LogP contribution >= 0.6 is 0 Å². The van der Waals surface area contributed by atoms with E-state index >= 15 is 0 Å². The van der Waals surface area contributed by atoms with Gasteiger partial charge in [-0.1, -0.05) is 102 Å². The number of carboxylic acids is 1. The average molecular weight is 537 g/mol. The Morgan fingerprint density at radius 1 is 0.842 bits per heavy atom. The van der Waals surface area contributed by atoms with Crippen molar-refractivity contribution in [3.63, 3.8) is 0 Å². The molecule has 0 radical (unpaired) electrons. The standard InChI is InChI=1S/C33H60O5/c1-3-5-7-9-10-11-12-13-14-15-16-17-18-19-20-24-29(38-32-26-22-23-27-37-32)28-31(34)30(33(35)36)25-21-8-6-4-2/h10-11,13-14,29-32,34H,3-9,12,15-28H2,1-2H3,(H,35,36). The van der Waals surface area contributed by atoms with Crippen molar-refractivity contribution in [1.82, 2.24) is 0 Å². The number of rotatable bonds is 25. The molecule has 0 aromatic rings. The maximum Gasteiger partial charge on any atom is 0.309 e. The molecule has 2 N–H and O–H groups in total. The Morgan fingerprint density at radius 3 is 2.11 bits per heavy atom. The number of aliphatic hydroxyl groups excluding tert-OH is 1. The van der Waals surface area contributed by atoms with Gasteiger partial charge in [-0.2, -0.15) is 0 Å². The normalized spacial score (nSPS) is 18.8. The van der Waals surface area contributed by atoms with Crippen LogP contribution in [0, 0.1) is 5.92 Å². The van der Waals surface area contributed by atoms with Gasteiger partial charge in [-0.3, -0.25) is 4.79 Å². The minimum atomic E-state index is -0.890. The van der Waals surface area contributed by atoms with E-state index in [9.17, 15) is 15.0 Å². The molecule has 0 spiro atoms. The SMILES string of the molecule is CCCCCC=CCC=CCCCCCCCC(CC(O)C(CCCCCC)C(=O)O)OC1CCCCO1. The van der Waals surface area contributed by atoms with Gasteiger partial charge in [-0.15, -0.1) is 0 Å². The zero-order chi connectivity index (χ0) is 27.7. The topological polar surface area (TPSA) is 76.0 Å². The third kappa shape index (κ3) is 19.0. The number of hydrogen-bond acceptors (Lipinski definition) is 4. The van der Waals surface area contributed by atoms with Crippen LogP contribution in [0.4, 0.5) is 0 Å². The lowest BCUT2D eigenvalue weighted by Crippen LogP contribution is -2.35. The molecule has 0 amide bonds. The number of aliphatic hydroxyl groups is 1. The summed E-state index contributed by atoms with van der Waals surface area (Å²) in [7, 11) is 0. The Kier molecular flexibility index (Phi) is 22.8. The minimum absolute atomic E-state index is 0.149. The molecule has 38 heavy (non-hydrogen) atoms. The van der Waals surface area contributed by atoms with E-state index in [2.05, 4.69) is 38.2 Å². The fraction of sp³-hybridized carbons (Fsp3) is 0.848. The maximum atomic E-state index is 11.9. The van der Waals surface area contributed by atoms with Crippen LogP contribution in [0.5, 0.6) is 0 Å². The van der Waals surface area contributed by atoms with Gasteiger partial charge in [0.15, 0.2) is 6.29 Å². The summed E-state index contributed by atoms with van der Waals surface area (Å²) in [6, 6.07) is 0. The van der Waals surface area contributed by atoms with Crippen molar-refractivity contribution in [3.8, 4) is 0 Å². The van der Waals surface area contributed by atoms with Crippen LogP contribution in [-0.2, 0) is 14.3 Å². The van der Waals surface area contributed by atoms with Crippen molar-refractivity contribution in [2.45, 2.75) is 167 Å². The summed E-state index contributed by atoms with van der Waals surface area (Å²) in [5.41, 5.74) is 0. The first-order valence-electron chi connectivity index (χ1n) is 16.1. The van der Waals surface area contributed by atoms with E-state index in [-0.39, 0.29) is 12.4 Å². The van der Waals surface area contributed by atoms with Crippen LogP contribution in [0.25, 0.3) is 0 Å². The number of carboxylic acid groups (broad SMARTS) is 1. The van der Waals surface area contributed by atoms with E-state index in [0.717, 1.165) is 83.7 Å². The van der Waals surface area contributed by atoms with Gasteiger partial charge in [0.2, 0.25) is 0 Å². The molecule has 5 heteroatoms. The highest BCUT2D eigenvalue weighted by molar-refractivity contribution is 5.70. The summed E-state index contributed by atoms with van der Waals surface area (Å²) in [5, 5.41) is 20.6. The number of carbonyl (C=O) groups is 1. The molecule has 1 saturated heterocycles. The molecule has 1 fully saturated rings. The van der Waals surface area contributed by atoms with Gasteiger partial charge >= 0.3 is 5.97 Å². The molecule has 4 unspecified atom stereocenters. The first kappa shape index (κ1) is 34.9. The molecule has 4 atom stereocenters. The summed E-state index contributed by atoms with van der Waals surface area (Å²) < 4.78 is 12.1. The fourth-order valence-corrected chi connectivity index (χ4v) is 5.16. The second-order valence-corrected chi connectivity index (χ2v) is 11.2. The predicted octanol–water partition coefficient (Wildman–Crippen LogP) is 9.13. The lowest BCUT2D eigenvalue weighted by molar-refractivity contribution is -0.196. The van der Waals surface area contributed by atoms with E-state index < -0.39 is 18.0 Å². The lowest BCUT2D eigenvalue weighted by Gasteiger charge is -2.30. The zero-order valence-electron chi connectivity index (χ0n) is 24.8. The highest BCUT2D eigenvalue weighted by Crippen LogP contribution is 2.25. The van der Waals surface area contributed by atoms with Crippen LogP contribution in [0.3, 0.4) is 0 Å². The Balaban J connectivity index is 2.32. The largest absolute Gasteiger partial charge is 0.481 e. The van der Waals surface area contributed by atoms with Crippen molar-refractivity contribution < 1.29 is 24.5 Å².